The van der Waals surface area contributed by atoms with Crippen molar-refractivity contribution >= 4 is 5.91 Å². The highest BCUT2D eigenvalue weighted by atomic mass is 16.5. The Morgan fingerprint density at radius 3 is 2.67 bits per heavy atom. The first-order valence-corrected chi connectivity index (χ1v) is 8.96. The van der Waals surface area contributed by atoms with Crippen LogP contribution in [0.1, 0.15) is 23.4 Å². The van der Waals surface area contributed by atoms with Crippen LogP contribution < -0.4 is 10.1 Å². The average molecular weight is 365 g/mol. The monoisotopic (exact) mass is 365 g/mol. The van der Waals surface area contributed by atoms with E-state index in [-0.39, 0.29) is 5.91 Å². The van der Waals surface area contributed by atoms with E-state index >= 15 is 0 Å². The number of rotatable bonds is 8. The van der Waals surface area contributed by atoms with Crippen LogP contribution in [0.4, 0.5) is 0 Å². The summed E-state index contributed by atoms with van der Waals surface area (Å²) in [5.41, 5.74) is 3.18. The van der Waals surface area contributed by atoms with Crippen LogP contribution in [0.25, 0.3) is 11.5 Å². The van der Waals surface area contributed by atoms with Gasteiger partial charge in [-0.3, -0.25) is 4.79 Å². The van der Waals surface area contributed by atoms with Crippen molar-refractivity contribution in [1.82, 2.24) is 15.5 Å². The Bertz CT molecular complexity index is 888. The first-order valence-electron chi connectivity index (χ1n) is 8.96. The molecular formula is C21H23N3O3. The Morgan fingerprint density at radius 2 is 1.89 bits per heavy atom. The maximum absolute atomic E-state index is 11.9. The number of aromatic nitrogens is 2. The van der Waals surface area contributed by atoms with E-state index in [9.17, 15) is 4.79 Å². The van der Waals surface area contributed by atoms with Crippen LogP contribution in [0.5, 0.6) is 5.75 Å². The number of hydrogen-bond acceptors (Lipinski definition) is 5. The van der Waals surface area contributed by atoms with Crippen LogP contribution in [0.2, 0.25) is 0 Å². The van der Waals surface area contributed by atoms with E-state index in [1.165, 1.54) is 5.56 Å². The third-order valence-corrected chi connectivity index (χ3v) is 4.01. The van der Waals surface area contributed by atoms with Crippen LogP contribution >= 0.6 is 0 Å². The van der Waals surface area contributed by atoms with E-state index in [4.69, 9.17) is 9.15 Å². The Kier molecular flexibility index (Phi) is 6.20. The lowest BCUT2D eigenvalue weighted by Crippen LogP contribution is -2.28. The van der Waals surface area contributed by atoms with E-state index in [0.717, 1.165) is 16.9 Å². The fraction of sp³-hybridized carbons (Fsp3) is 0.286. The van der Waals surface area contributed by atoms with Gasteiger partial charge in [0.25, 0.3) is 0 Å². The van der Waals surface area contributed by atoms with Crippen molar-refractivity contribution in [2.45, 2.75) is 26.7 Å². The number of aryl methyl sites for hydroxylation is 3. The first kappa shape index (κ1) is 18.6. The second-order valence-corrected chi connectivity index (χ2v) is 6.38. The highest BCUT2D eigenvalue weighted by Crippen LogP contribution is 2.18. The summed E-state index contributed by atoms with van der Waals surface area (Å²) in [5, 5.41) is 10.9. The summed E-state index contributed by atoms with van der Waals surface area (Å²) in [5.74, 6) is 1.66. The van der Waals surface area contributed by atoms with Crippen molar-refractivity contribution in [3.05, 3.63) is 65.5 Å². The van der Waals surface area contributed by atoms with Crippen molar-refractivity contribution < 1.29 is 13.9 Å². The van der Waals surface area contributed by atoms with Gasteiger partial charge in [0.15, 0.2) is 0 Å². The molecule has 0 aliphatic rings. The smallest absolute Gasteiger partial charge is 0.247 e. The first-order chi connectivity index (χ1) is 13.1. The predicted octanol–water partition coefficient (Wildman–Crippen LogP) is 3.48. The van der Waals surface area contributed by atoms with Crippen molar-refractivity contribution in [2.24, 2.45) is 0 Å². The Balaban J connectivity index is 1.38. The van der Waals surface area contributed by atoms with Crippen LogP contribution in [0.15, 0.2) is 52.9 Å². The van der Waals surface area contributed by atoms with Crippen LogP contribution in [-0.2, 0) is 11.2 Å². The predicted molar refractivity (Wildman–Crippen MR) is 102 cm³/mol. The van der Waals surface area contributed by atoms with Gasteiger partial charge in [0.1, 0.15) is 12.4 Å². The van der Waals surface area contributed by atoms with Crippen molar-refractivity contribution in [1.29, 1.82) is 0 Å². The van der Waals surface area contributed by atoms with E-state index in [0.29, 0.717) is 37.8 Å². The lowest BCUT2D eigenvalue weighted by Gasteiger charge is -2.07. The van der Waals surface area contributed by atoms with Crippen molar-refractivity contribution in [3.8, 4) is 17.2 Å². The standard InChI is InChI=1S/C21H23N3O3/c1-15-6-8-17(9-7-15)21-24-23-20(27-21)11-10-19(25)22-12-13-26-18-5-3-4-16(2)14-18/h3-9,14H,10-13H2,1-2H3,(H,22,25). The molecule has 2 aromatic carbocycles. The SMILES string of the molecule is Cc1ccc(-c2nnc(CCC(=O)NCCOc3cccc(C)c3)o2)cc1. The normalized spacial score (nSPS) is 10.6. The van der Waals surface area contributed by atoms with Gasteiger partial charge in [0.05, 0.1) is 6.54 Å². The molecule has 0 bridgehead atoms. The van der Waals surface area contributed by atoms with Gasteiger partial charge in [0.2, 0.25) is 17.7 Å². The fourth-order valence-electron chi connectivity index (χ4n) is 2.54. The molecule has 1 amide bonds. The summed E-state index contributed by atoms with van der Waals surface area (Å²) in [4.78, 5) is 11.9. The number of carbonyl (C=O) groups excluding carboxylic acids is 1. The molecule has 3 aromatic rings. The van der Waals surface area contributed by atoms with Gasteiger partial charge in [0, 0.05) is 18.4 Å². The van der Waals surface area contributed by atoms with Crippen LogP contribution in [0, 0.1) is 13.8 Å². The summed E-state index contributed by atoms with van der Waals surface area (Å²) in [6.45, 7) is 4.91. The van der Waals surface area contributed by atoms with Gasteiger partial charge in [-0.05, 0) is 43.7 Å². The Labute approximate surface area is 158 Å². The lowest BCUT2D eigenvalue weighted by molar-refractivity contribution is -0.121. The van der Waals surface area contributed by atoms with Crippen molar-refractivity contribution in [3.63, 3.8) is 0 Å². The zero-order valence-corrected chi connectivity index (χ0v) is 15.6. The van der Waals surface area contributed by atoms with Gasteiger partial charge in [-0.15, -0.1) is 10.2 Å². The molecule has 6 nitrogen and oxygen atoms in total. The maximum Gasteiger partial charge on any atom is 0.247 e. The van der Waals surface area contributed by atoms with Crippen LogP contribution in [0.3, 0.4) is 0 Å². The second-order valence-electron chi connectivity index (χ2n) is 6.38. The summed E-state index contributed by atoms with van der Waals surface area (Å²) >= 11 is 0. The molecule has 3 rings (SSSR count). The molecule has 0 aliphatic carbocycles. The Morgan fingerprint density at radius 1 is 1.07 bits per heavy atom. The minimum Gasteiger partial charge on any atom is -0.492 e. The van der Waals surface area contributed by atoms with E-state index in [1.807, 2.05) is 62.4 Å². The zero-order chi connectivity index (χ0) is 19.1. The number of carbonyl (C=O) groups is 1. The molecule has 27 heavy (non-hydrogen) atoms. The average Bonchev–Trinajstić information content (AvgIpc) is 3.13. The summed E-state index contributed by atoms with van der Waals surface area (Å²) in [6.07, 6.45) is 0.698. The molecule has 0 unspecified atom stereocenters. The molecule has 1 aromatic heterocycles. The highest BCUT2D eigenvalue weighted by molar-refractivity contribution is 5.76. The minimum absolute atomic E-state index is 0.0714. The van der Waals surface area contributed by atoms with E-state index < -0.39 is 0 Å². The molecular weight excluding hydrogens is 342 g/mol. The molecule has 1 heterocycles. The van der Waals surface area contributed by atoms with Gasteiger partial charge < -0.3 is 14.5 Å². The molecule has 0 spiro atoms. The quantitative estimate of drug-likeness (QED) is 0.619. The minimum atomic E-state index is -0.0714. The summed E-state index contributed by atoms with van der Waals surface area (Å²) < 4.78 is 11.2. The molecule has 0 fully saturated rings. The Hall–Kier alpha value is -3.15. The number of nitrogens with one attached hydrogen (secondary N) is 1. The van der Waals surface area contributed by atoms with Gasteiger partial charge in [-0.2, -0.15) is 0 Å². The molecule has 6 heteroatoms. The molecule has 1 N–H and O–H groups in total. The van der Waals surface area contributed by atoms with Gasteiger partial charge in [-0.25, -0.2) is 0 Å². The maximum atomic E-state index is 11.9. The molecule has 0 radical (unpaired) electrons. The number of ether oxygens (including phenoxy) is 1. The lowest BCUT2D eigenvalue weighted by atomic mass is 10.1. The van der Waals surface area contributed by atoms with Gasteiger partial charge in [-0.1, -0.05) is 29.8 Å². The molecule has 0 saturated heterocycles. The van der Waals surface area contributed by atoms with E-state index in [2.05, 4.69) is 15.5 Å². The third-order valence-electron chi connectivity index (χ3n) is 4.01. The molecule has 0 aliphatic heterocycles. The van der Waals surface area contributed by atoms with Crippen molar-refractivity contribution in [2.75, 3.05) is 13.2 Å². The molecule has 0 atom stereocenters. The van der Waals surface area contributed by atoms with E-state index in [1.54, 1.807) is 0 Å². The number of amides is 1. The highest BCUT2D eigenvalue weighted by Gasteiger charge is 2.10. The fourth-order valence-corrected chi connectivity index (χ4v) is 2.54. The zero-order valence-electron chi connectivity index (χ0n) is 15.6. The van der Waals surface area contributed by atoms with Gasteiger partial charge >= 0.3 is 0 Å². The second kappa shape index (κ2) is 8.98. The summed E-state index contributed by atoms with van der Waals surface area (Å²) in [6, 6.07) is 15.7. The summed E-state index contributed by atoms with van der Waals surface area (Å²) in [7, 11) is 0. The molecule has 140 valence electrons. The number of nitrogens with zero attached hydrogens (tertiary/aromatic N) is 2. The third kappa shape index (κ3) is 5.67. The largest absolute Gasteiger partial charge is 0.492 e. The number of benzene rings is 2. The topological polar surface area (TPSA) is 77.2 Å². The number of hydrogen-bond donors (Lipinski definition) is 1. The van der Waals surface area contributed by atoms with Crippen LogP contribution in [-0.4, -0.2) is 29.3 Å². The molecule has 0 saturated carbocycles.